The van der Waals surface area contributed by atoms with E-state index in [0.717, 1.165) is 6.54 Å². The highest BCUT2D eigenvalue weighted by Gasteiger charge is 2.26. The average Bonchev–Trinajstić information content (AvgIpc) is 2.94. The van der Waals surface area contributed by atoms with Gasteiger partial charge in [-0.3, -0.25) is 0 Å². The molecule has 1 aromatic rings. The zero-order valence-electron chi connectivity index (χ0n) is 13.8. The molecular formula is C16H29N3S2. The van der Waals surface area contributed by atoms with E-state index >= 15 is 0 Å². The fraction of sp³-hybridized carbons (Fsp3) is 0.812. The monoisotopic (exact) mass is 327 g/mol. The number of hydrogen-bond acceptors (Lipinski definition) is 5. The molecule has 1 aliphatic rings. The second-order valence-electron chi connectivity index (χ2n) is 5.95. The van der Waals surface area contributed by atoms with Crippen LogP contribution < -0.4 is 10.2 Å². The molecule has 0 radical (unpaired) electrons. The van der Waals surface area contributed by atoms with E-state index in [-0.39, 0.29) is 0 Å². The van der Waals surface area contributed by atoms with Crippen LogP contribution in [0, 0.1) is 0 Å². The number of aromatic nitrogens is 1. The lowest BCUT2D eigenvalue weighted by Crippen LogP contribution is -2.29. The largest absolute Gasteiger partial charge is 0.348 e. The first kappa shape index (κ1) is 17.1. The summed E-state index contributed by atoms with van der Waals surface area (Å²) in [5.74, 6) is 1.22. The van der Waals surface area contributed by atoms with Gasteiger partial charge < -0.3 is 10.2 Å². The third-order valence-electron chi connectivity index (χ3n) is 4.29. The molecule has 2 atom stereocenters. The number of hydrogen-bond donors (Lipinski definition) is 1. The van der Waals surface area contributed by atoms with Gasteiger partial charge in [0.1, 0.15) is 0 Å². The number of rotatable bonds is 8. The molecule has 2 rings (SSSR count). The molecule has 0 bridgehead atoms. The molecule has 3 nitrogen and oxygen atoms in total. The van der Waals surface area contributed by atoms with E-state index in [9.17, 15) is 0 Å². The number of fused-ring (bicyclic) bond motifs is 1. The topological polar surface area (TPSA) is 28.2 Å². The Balaban J connectivity index is 2.07. The maximum Gasteiger partial charge on any atom is 0.185 e. The molecule has 0 aliphatic heterocycles. The van der Waals surface area contributed by atoms with Crippen LogP contribution >= 0.6 is 23.1 Å². The van der Waals surface area contributed by atoms with E-state index in [0.29, 0.717) is 12.1 Å². The molecule has 1 aromatic heterocycles. The smallest absolute Gasteiger partial charge is 0.185 e. The van der Waals surface area contributed by atoms with Crippen molar-refractivity contribution in [2.75, 3.05) is 30.5 Å². The Morgan fingerprint density at radius 1 is 1.52 bits per heavy atom. The first-order chi connectivity index (χ1) is 10.2. The summed E-state index contributed by atoms with van der Waals surface area (Å²) in [7, 11) is 2.20. The van der Waals surface area contributed by atoms with Crippen molar-refractivity contribution in [2.24, 2.45) is 0 Å². The molecule has 21 heavy (non-hydrogen) atoms. The van der Waals surface area contributed by atoms with E-state index < -0.39 is 0 Å². The number of nitrogens with zero attached hydrogens (tertiary/aromatic N) is 2. The molecule has 0 amide bonds. The zero-order chi connectivity index (χ0) is 15.2. The van der Waals surface area contributed by atoms with Crippen molar-refractivity contribution in [1.29, 1.82) is 0 Å². The third-order valence-corrected chi connectivity index (χ3v) is 6.15. The Bertz CT molecular complexity index is 433. The summed E-state index contributed by atoms with van der Waals surface area (Å²) in [5, 5.41) is 4.87. The molecule has 1 N–H and O–H groups in total. The standard InChI is InChI=1S/C16H29N3S2/c1-5-10-17-13-7-6-8-14-15(13)18-16(21-14)19(3)12(2)9-11-20-4/h12-13,17H,5-11H2,1-4H3. The minimum absolute atomic E-state index is 0.480. The predicted octanol–water partition coefficient (Wildman–Crippen LogP) is 4.10. The van der Waals surface area contributed by atoms with Gasteiger partial charge in [0, 0.05) is 18.0 Å². The van der Waals surface area contributed by atoms with Crippen LogP contribution in [0.5, 0.6) is 0 Å². The Labute approximate surface area is 137 Å². The van der Waals surface area contributed by atoms with Crippen molar-refractivity contribution >= 4 is 28.2 Å². The molecule has 0 fully saturated rings. The second-order valence-corrected chi connectivity index (χ2v) is 7.99. The summed E-state index contributed by atoms with van der Waals surface area (Å²) >= 11 is 3.84. The van der Waals surface area contributed by atoms with E-state index in [2.05, 4.69) is 37.4 Å². The van der Waals surface area contributed by atoms with Gasteiger partial charge >= 0.3 is 0 Å². The number of anilines is 1. The lowest BCUT2D eigenvalue weighted by Gasteiger charge is -2.24. The first-order valence-corrected chi connectivity index (χ1v) is 10.3. The molecule has 0 spiro atoms. The van der Waals surface area contributed by atoms with Gasteiger partial charge in [-0.05, 0) is 57.6 Å². The van der Waals surface area contributed by atoms with Crippen LogP contribution in [-0.4, -0.2) is 36.6 Å². The van der Waals surface area contributed by atoms with Gasteiger partial charge in [-0.2, -0.15) is 11.8 Å². The number of thiazole rings is 1. The summed E-state index contributed by atoms with van der Waals surface area (Å²) < 4.78 is 0. The Hall–Kier alpha value is -0.260. The van der Waals surface area contributed by atoms with Crippen LogP contribution in [0.3, 0.4) is 0 Å². The molecule has 0 saturated heterocycles. The highest BCUT2D eigenvalue weighted by molar-refractivity contribution is 7.98. The SMILES string of the molecule is CCCNC1CCCc2sc(N(C)C(C)CCSC)nc21. The van der Waals surface area contributed by atoms with Gasteiger partial charge in [0.15, 0.2) is 5.13 Å². The van der Waals surface area contributed by atoms with E-state index in [1.807, 2.05) is 23.1 Å². The quantitative estimate of drug-likeness (QED) is 0.778. The number of nitrogens with one attached hydrogen (secondary N) is 1. The van der Waals surface area contributed by atoms with Crippen LogP contribution in [0.15, 0.2) is 0 Å². The predicted molar refractivity (Wildman–Crippen MR) is 97.0 cm³/mol. The Kier molecular flexibility index (Phi) is 6.83. The van der Waals surface area contributed by atoms with E-state index in [4.69, 9.17) is 4.98 Å². The molecule has 0 aromatic carbocycles. The lowest BCUT2D eigenvalue weighted by atomic mass is 9.97. The summed E-state index contributed by atoms with van der Waals surface area (Å²) in [5.41, 5.74) is 1.33. The third kappa shape index (κ3) is 4.36. The highest BCUT2D eigenvalue weighted by atomic mass is 32.2. The van der Waals surface area contributed by atoms with Crippen LogP contribution in [0.4, 0.5) is 5.13 Å². The van der Waals surface area contributed by atoms with Gasteiger partial charge in [0.05, 0.1) is 11.7 Å². The maximum atomic E-state index is 4.99. The van der Waals surface area contributed by atoms with Crippen molar-refractivity contribution < 1.29 is 0 Å². The lowest BCUT2D eigenvalue weighted by molar-refractivity contribution is 0.454. The van der Waals surface area contributed by atoms with Gasteiger partial charge in [0.2, 0.25) is 0 Å². The van der Waals surface area contributed by atoms with Crippen molar-refractivity contribution in [1.82, 2.24) is 10.3 Å². The summed E-state index contributed by atoms with van der Waals surface area (Å²) in [6.07, 6.45) is 8.33. The highest BCUT2D eigenvalue weighted by Crippen LogP contribution is 2.37. The summed E-state index contributed by atoms with van der Waals surface area (Å²) in [6, 6.07) is 1.04. The molecular weight excluding hydrogens is 298 g/mol. The molecule has 1 heterocycles. The normalized spacial score (nSPS) is 19.3. The molecule has 120 valence electrons. The maximum absolute atomic E-state index is 4.99. The fourth-order valence-electron chi connectivity index (χ4n) is 2.74. The van der Waals surface area contributed by atoms with E-state index in [1.165, 1.54) is 53.6 Å². The molecule has 0 saturated carbocycles. The first-order valence-electron chi connectivity index (χ1n) is 8.12. The number of thioether (sulfide) groups is 1. The Morgan fingerprint density at radius 2 is 2.33 bits per heavy atom. The van der Waals surface area contributed by atoms with E-state index in [1.54, 1.807) is 0 Å². The van der Waals surface area contributed by atoms with Gasteiger partial charge in [-0.15, -0.1) is 11.3 Å². The van der Waals surface area contributed by atoms with Crippen LogP contribution in [-0.2, 0) is 6.42 Å². The minimum atomic E-state index is 0.480. The van der Waals surface area contributed by atoms with Gasteiger partial charge in [-0.1, -0.05) is 6.92 Å². The van der Waals surface area contributed by atoms with Crippen molar-refractivity contribution in [3.05, 3.63) is 10.6 Å². The van der Waals surface area contributed by atoms with Crippen molar-refractivity contribution in [3.63, 3.8) is 0 Å². The summed E-state index contributed by atoms with van der Waals surface area (Å²) in [4.78, 5) is 8.87. The summed E-state index contributed by atoms with van der Waals surface area (Å²) in [6.45, 7) is 5.63. The minimum Gasteiger partial charge on any atom is -0.348 e. The molecule has 2 unspecified atom stereocenters. The Morgan fingerprint density at radius 3 is 3.05 bits per heavy atom. The zero-order valence-corrected chi connectivity index (χ0v) is 15.4. The van der Waals surface area contributed by atoms with Crippen LogP contribution in [0.2, 0.25) is 0 Å². The van der Waals surface area contributed by atoms with Gasteiger partial charge in [0.25, 0.3) is 0 Å². The van der Waals surface area contributed by atoms with Gasteiger partial charge in [-0.25, -0.2) is 4.98 Å². The molecule has 5 heteroatoms. The fourth-order valence-corrected chi connectivity index (χ4v) is 4.55. The van der Waals surface area contributed by atoms with Crippen molar-refractivity contribution in [2.45, 2.75) is 58.0 Å². The van der Waals surface area contributed by atoms with Crippen molar-refractivity contribution in [3.8, 4) is 0 Å². The molecule has 1 aliphatic carbocycles. The second kappa shape index (κ2) is 8.39. The average molecular weight is 328 g/mol. The van der Waals surface area contributed by atoms with Crippen LogP contribution in [0.25, 0.3) is 0 Å². The number of aryl methyl sites for hydroxylation is 1. The van der Waals surface area contributed by atoms with Crippen LogP contribution in [0.1, 0.15) is 56.1 Å².